The fourth-order valence-corrected chi connectivity index (χ4v) is 2.64. The molecule has 1 amide bonds. The second-order valence-corrected chi connectivity index (χ2v) is 5.39. The summed E-state index contributed by atoms with van der Waals surface area (Å²) in [6, 6.07) is 13.3. The van der Waals surface area contributed by atoms with E-state index < -0.39 is 5.60 Å². The number of amides is 1. The van der Waals surface area contributed by atoms with Crippen molar-refractivity contribution in [2.24, 2.45) is 0 Å². The normalized spacial score (nSPS) is 13.1. The molecule has 1 heterocycles. The Kier molecular flexibility index (Phi) is 6.32. The van der Waals surface area contributed by atoms with Crippen LogP contribution in [0.1, 0.15) is 36.2 Å². The van der Waals surface area contributed by atoms with Gasteiger partial charge in [0.1, 0.15) is 11.2 Å². The molecular formula is C19H24N2O3. The molecule has 1 aromatic carbocycles. The van der Waals surface area contributed by atoms with E-state index in [1.54, 1.807) is 25.4 Å². The van der Waals surface area contributed by atoms with Gasteiger partial charge in [0, 0.05) is 13.3 Å². The number of pyridine rings is 1. The zero-order chi connectivity index (χ0) is 17.4. The molecule has 0 fully saturated rings. The highest BCUT2D eigenvalue weighted by atomic mass is 16.5. The van der Waals surface area contributed by atoms with Gasteiger partial charge in [0.25, 0.3) is 5.91 Å². The molecule has 0 bridgehead atoms. The van der Waals surface area contributed by atoms with Gasteiger partial charge in [0.15, 0.2) is 0 Å². The minimum Gasteiger partial charge on any atom is -0.477 e. The molecular weight excluding hydrogens is 304 g/mol. The lowest BCUT2D eigenvalue weighted by atomic mass is 9.90. The summed E-state index contributed by atoms with van der Waals surface area (Å²) in [5.74, 6) is 0.120. The Labute approximate surface area is 143 Å². The first-order valence-electron chi connectivity index (χ1n) is 8.13. The summed E-state index contributed by atoms with van der Waals surface area (Å²) >= 11 is 0. The van der Waals surface area contributed by atoms with E-state index in [1.807, 2.05) is 44.2 Å². The van der Waals surface area contributed by atoms with Gasteiger partial charge in [-0.25, -0.2) is 4.98 Å². The Balaban J connectivity index is 2.17. The van der Waals surface area contributed by atoms with Crippen molar-refractivity contribution in [3.05, 3.63) is 59.8 Å². The molecule has 24 heavy (non-hydrogen) atoms. The van der Waals surface area contributed by atoms with Crippen molar-refractivity contribution in [2.45, 2.75) is 25.9 Å². The largest absolute Gasteiger partial charge is 0.477 e. The average Bonchev–Trinajstić information content (AvgIpc) is 2.64. The highest BCUT2D eigenvalue weighted by Gasteiger charge is 2.31. The maximum absolute atomic E-state index is 12.6. The molecule has 0 aliphatic carbocycles. The van der Waals surface area contributed by atoms with Gasteiger partial charge in [0.05, 0.1) is 13.2 Å². The van der Waals surface area contributed by atoms with Gasteiger partial charge in [-0.1, -0.05) is 37.3 Å². The predicted octanol–water partition coefficient (Wildman–Crippen LogP) is 3.16. The van der Waals surface area contributed by atoms with Crippen LogP contribution in [0, 0.1) is 0 Å². The van der Waals surface area contributed by atoms with Gasteiger partial charge >= 0.3 is 0 Å². The molecule has 5 heteroatoms. The van der Waals surface area contributed by atoms with Crippen LogP contribution in [0.3, 0.4) is 0 Å². The zero-order valence-corrected chi connectivity index (χ0v) is 14.4. The monoisotopic (exact) mass is 328 g/mol. The van der Waals surface area contributed by atoms with Gasteiger partial charge in [-0.3, -0.25) is 4.79 Å². The molecule has 0 saturated carbocycles. The van der Waals surface area contributed by atoms with Gasteiger partial charge in [-0.15, -0.1) is 0 Å². The smallest absolute Gasteiger partial charge is 0.256 e. The van der Waals surface area contributed by atoms with E-state index in [4.69, 9.17) is 9.47 Å². The molecule has 0 spiro atoms. The van der Waals surface area contributed by atoms with E-state index in [0.717, 1.165) is 12.0 Å². The molecule has 0 aliphatic heterocycles. The van der Waals surface area contributed by atoms with Crippen LogP contribution >= 0.6 is 0 Å². The van der Waals surface area contributed by atoms with E-state index in [9.17, 15) is 4.79 Å². The van der Waals surface area contributed by atoms with Crippen molar-refractivity contribution in [2.75, 3.05) is 20.3 Å². The lowest BCUT2D eigenvalue weighted by Gasteiger charge is -2.32. The fraction of sp³-hybridized carbons (Fsp3) is 0.368. The topological polar surface area (TPSA) is 60.5 Å². The summed E-state index contributed by atoms with van der Waals surface area (Å²) in [6.45, 7) is 4.72. The van der Waals surface area contributed by atoms with Crippen molar-refractivity contribution in [3.8, 4) is 5.88 Å². The Bertz CT molecular complexity index is 655. The first-order chi connectivity index (χ1) is 11.7. The molecule has 1 aromatic heterocycles. The molecule has 0 aliphatic rings. The Morgan fingerprint density at radius 2 is 1.92 bits per heavy atom. The minimum atomic E-state index is -0.565. The highest BCUT2D eigenvalue weighted by molar-refractivity contribution is 5.96. The number of nitrogens with one attached hydrogen (secondary N) is 1. The van der Waals surface area contributed by atoms with E-state index in [2.05, 4.69) is 10.3 Å². The minimum absolute atomic E-state index is 0.225. The number of nitrogens with zero attached hydrogens (tertiary/aromatic N) is 1. The van der Waals surface area contributed by atoms with Crippen LogP contribution in [-0.2, 0) is 10.3 Å². The molecule has 2 aromatic rings. The van der Waals surface area contributed by atoms with Gasteiger partial charge in [-0.2, -0.15) is 0 Å². The molecule has 0 radical (unpaired) electrons. The van der Waals surface area contributed by atoms with Gasteiger partial charge < -0.3 is 14.8 Å². The molecule has 128 valence electrons. The fourth-order valence-electron chi connectivity index (χ4n) is 2.64. The number of methoxy groups -OCH3 is 1. The maximum atomic E-state index is 12.6. The molecule has 5 nitrogen and oxygen atoms in total. The van der Waals surface area contributed by atoms with Crippen molar-refractivity contribution in [1.82, 2.24) is 10.3 Å². The van der Waals surface area contributed by atoms with Gasteiger partial charge in [0.2, 0.25) is 5.88 Å². The Hall–Kier alpha value is -2.40. The molecule has 2 rings (SSSR count). The molecule has 1 unspecified atom stereocenters. The van der Waals surface area contributed by atoms with Crippen LogP contribution in [0.4, 0.5) is 0 Å². The molecule has 1 N–H and O–H groups in total. The summed E-state index contributed by atoms with van der Waals surface area (Å²) in [5, 5.41) is 2.96. The SMILES string of the molecule is CCOc1ncccc1C(=O)NCC(CC)(OC)c1ccccc1. The van der Waals surface area contributed by atoms with Crippen LogP contribution in [-0.4, -0.2) is 31.2 Å². The summed E-state index contributed by atoms with van der Waals surface area (Å²) in [5.41, 5.74) is 0.894. The van der Waals surface area contributed by atoms with Crippen LogP contribution in [0.15, 0.2) is 48.7 Å². The van der Waals surface area contributed by atoms with Crippen molar-refractivity contribution < 1.29 is 14.3 Å². The quantitative estimate of drug-likeness (QED) is 0.808. The van der Waals surface area contributed by atoms with E-state index in [1.165, 1.54) is 0 Å². The first kappa shape index (κ1) is 17.9. The van der Waals surface area contributed by atoms with E-state index in [0.29, 0.717) is 24.6 Å². The summed E-state index contributed by atoms with van der Waals surface area (Å²) < 4.78 is 11.2. The second kappa shape index (κ2) is 8.45. The van der Waals surface area contributed by atoms with Crippen molar-refractivity contribution in [1.29, 1.82) is 0 Å². The van der Waals surface area contributed by atoms with Crippen molar-refractivity contribution in [3.63, 3.8) is 0 Å². The molecule has 1 atom stereocenters. The highest BCUT2D eigenvalue weighted by Crippen LogP contribution is 2.28. The van der Waals surface area contributed by atoms with E-state index >= 15 is 0 Å². The van der Waals surface area contributed by atoms with Gasteiger partial charge in [-0.05, 0) is 31.0 Å². The van der Waals surface area contributed by atoms with Crippen molar-refractivity contribution >= 4 is 5.91 Å². The van der Waals surface area contributed by atoms with Crippen LogP contribution in [0.25, 0.3) is 0 Å². The number of ether oxygens (including phenoxy) is 2. The lowest BCUT2D eigenvalue weighted by Crippen LogP contribution is -2.42. The zero-order valence-electron chi connectivity index (χ0n) is 14.4. The van der Waals surface area contributed by atoms with Crippen LogP contribution < -0.4 is 10.1 Å². The number of aromatic nitrogens is 1. The number of carbonyl (C=O) groups excluding carboxylic acids is 1. The number of hydrogen-bond donors (Lipinski definition) is 1. The standard InChI is InChI=1S/C19H24N2O3/c1-4-19(23-3,15-10-7-6-8-11-15)14-21-17(22)16-12-9-13-20-18(16)24-5-2/h6-13H,4-5,14H2,1-3H3,(H,21,22). The Morgan fingerprint density at radius 3 is 2.54 bits per heavy atom. The predicted molar refractivity (Wildman–Crippen MR) is 93.2 cm³/mol. The summed E-state index contributed by atoms with van der Waals surface area (Å²) in [4.78, 5) is 16.7. The molecule has 0 saturated heterocycles. The first-order valence-corrected chi connectivity index (χ1v) is 8.13. The summed E-state index contributed by atoms with van der Waals surface area (Å²) in [6.07, 6.45) is 2.34. The number of carbonyl (C=O) groups is 1. The number of rotatable bonds is 8. The average molecular weight is 328 g/mol. The van der Waals surface area contributed by atoms with Crippen LogP contribution in [0.2, 0.25) is 0 Å². The number of hydrogen-bond acceptors (Lipinski definition) is 4. The third-order valence-electron chi connectivity index (χ3n) is 4.09. The van der Waals surface area contributed by atoms with Crippen LogP contribution in [0.5, 0.6) is 5.88 Å². The number of benzene rings is 1. The van der Waals surface area contributed by atoms with E-state index in [-0.39, 0.29) is 5.91 Å². The Morgan fingerprint density at radius 1 is 1.17 bits per heavy atom. The summed E-state index contributed by atoms with van der Waals surface area (Å²) in [7, 11) is 1.67. The third-order valence-corrected chi connectivity index (χ3v) is 4.09. The second-order valence-electron chi connectivity index (χ2n) is 5.39. The maximum Gasteiger partial charge on any atom is 0.256 e. The lowest BCUT2D eigenvalue weighted by molar-refractivity contribution is -0.0164. The third kappa shape index (κ3) is 3.92.